The van der Waals surface area contributed by atoms with E-state index in [4.69, 9.17) is 9.47 Å². The van der Waals surface area contributed by atoms with Crippen LogP contribution >= 0.6 is 0 Å². The van der Waals surface area contributed by atoms with Gasteiger partial charge in [0, 0.05) is 5.92 Å². The lowest BCUT2D eigenvalue weighted by atomic mass is 9.81. The SMILES string of the molecule is COC(=O)[C@@H]1C[C@@H](C(C)(C)O)[C@H](c2ccccc2)N1C(=O)OC(C)(C)C. The Morgan fingerprint density at radius 3 is 2.15 bits per heavy atom. The largest absolute Gasteiger partial charge is 0.467 e. The number of hydrogen-bond donors (Lipinski definition) is 1. The second-order valence-corrected chi connectivity index (χ2v) is 8.28. The average molecular weight is 363 g/mol. The normalized spacial score (nSPS) is 23.7. The summed E-state index contributed by atoms with van der Waals surface area (Å²) in [5.41, 5.74) is -0.952. The lowest BCUT2D eigenvalue weighted by Gasteiger charge is -2.36. The summed E-state index contributed by atoms with van der Waals surface area (Å²) in [6.45, 7) is 8.72. The van der Waals surface area contributed by atoms with Crippen molar-refractivity contribution >= 4 is 12.1 Å². The van der Waals surface area contributed by atoms with Gasteiger partial charge in [0.15, 0.2) is 0 Å². The molecule has 1 fully saturated rings. The van der Waals surface area contributed by atoms with Crippen LogP contribution in [0.2, 0.25) is 0 Å². The van der Waals surface area contributed by atoms with Crippen LogP contribution in [-0.4, -0.2) is 46.4 Å². The quantitative estimate of drug-likeness (QED) is 0.834. The third-order valence-corrected chi connectivity index (χ3v) is 4.62. The molecule has 26 heavy (non-hydrogen) atoms. The predicted molar refractivity (Wildman–Crippen MR) is 97.5 cm³/mol. The third-order valence-electron chi connectivity index (χ3n) is 4.62. The molecule has 1 aliphatic heterocycles. The molecule has 1 N–H and O–H groups in total. The Hall–Kier alpha value is -2.08. The molecule has 3 atom stereocenters. The molecule has 0 spiro atoms. The van der Waals surface area contributed by atoms with E-state index in [2.05, 4.69) is 0 Å². The van der Waals surface area contributed by atoms with Crippen LogP contribution in [0.15, 0.2) is 30.3 Å². The number of rotatable bonds is 3. The van der Waals surface area contributed by atoms with Crippen LogP contribution in [0.4, 0.5) is 4.79 Å². The number of ether oxygens (including phenoxy) is 2. The Labute approximate surface area is 155 Å². The zero-order valence-corrected chi connectivity index (χ0v) is 16.4. The van der Waals surface area contributed by atoms with Crippen molar-refractivity contribution in [1.29, 1.82) is 0 Å². The summed E-state index contributed by atoms with van der Waals surface area (Å²) < 4.78 is 10.5. The third kappa shape index (κ3) is 4.36. The molecule has 1 aliphatic rings. The van der Waals surface area contributed by atoms with Crippen LogP contribution in [0.25, 0.3) is 0 Å². The Balaban J connectivity index is 2.53. The highest BCUT2D eigenvalue weighted by Gasteiger charge is 2.53. The van der Waals surface area contributed by atoms with Gasteiger partial charge in [0.25, 0.3) is 0 Å². The van der Waals surface area contributed by atoms with Gasteiger partial charge >= 0.3 is 12.1 Å². The highest BCUT2D eigenvalue weighted by molar-refractivity contribution is 5.83. The molecule has 0 radical (unpaired) electrons. The Bertz CT molecular complexity index is 644. The van der Waals surface area contributed by atoms with Gasteiger partial charge in [-0.2, -0.15) is 0 Å². The summed E-state index contributed by atoms with van der Waals surface area (Å²) in [7, 11) is 1.30. The van der Waals surface area contributed by atoms with Gasteiger partial charge in [0.05, 0.1) is 18.8 Å². The van der Waals surface area contributed by atoms with Crippen LogP contribution in [0, 0.1) is 5.92 Å². The van der Waals surface area contributed by atoms with E-state index in [9.17, 15) is 14.7 Å². The fourth-order valence-electron chi connectivity index (χ4n) is 3.49. The lowest BCUT2D eigenvalue weighted by molar-refractivity contribution is -0.146. The molecule has 0 aromatic heterocycles. The Morgan fingerprint density at radius 2 is 1.69 bits per heavy atom. The molecule has 6 heteroatoms. The summed E-state index contributed by atoms with van der Waals surface area (Å²) in [4.78, 5) is 26.8. The van der Waals surface area contributed by atoms with Crippen LogP contribution < -0.4 is 0 Å². The van der Waals surface area contributed by atoms with Gasteiger partial charge < -0.3 is 14.6 Å². The summed E-state index contributed by atoms with van der Waals surface area (Å²) in [6.07, 6.45) is -0.289. The monoisotopic (exact) mass is 363 g/mol. The number of nitrogens with zero attached hydrogens (tertiary/aromatic N) is 1. The van der Waals surface area contributed by atoms with E-state index >= 15 is 0 Å². The number of methoxy groups -OCH3 is 1. The Kier molecular flexibility index (Phi) is 5.66. The van der Waals surface area contributed by atoms with Gasteiger partial charge in [0.2, 0.25) is 0 Å². The van der Waals surface area contributed by atoms with Crippen molar-refractivity contribution in [3.8, 4) is 0 Å². The van der Waals surface area contributed by atoms with Gasteiger partial charge in [-0.15, -0.1) is 0 Å². The number of carbonyl (C=O) groups is 2. The minimum Gasteiger partial charge on any atom is -0.467 e. The lowest BCUT2D eigenvalue weighted by Crippen LogP contribution is -2.45. The number of esters is 1. The van der Waals surface area contributed by atoms with Crippen molar-refractivity contribution in [2.24, 2.45) is 5.92 Å². The number of benzene rings is 1. The van der Waals surface area contributed by atoms with Crippen LogP contribution in [0.1, 0.15) is 52.6 Å². The standard InChI is InChI=1S/C20H29NO5/c1-19(2,3)26-18(23)21-15(17(22)25-6)12-14(20(4,5)24)16(21)13-10-8-7-9-11-13/h7-11,14-16,24H,12H2,1-6H3/t14-,15+,16+/m1/s1. The molecule has 0 unspecified atom stereocenters. The first-order valence-electron chi connectivity index (χ1n) is 8.82. The van der Waals surface area contributed by atoms with Crippen LogP contribution in [-0.2, 0) is 14.3 Å². The summed E-state index contributed by atoms with van der Waals surface area (Å²) >= 11 is 0. The van der Waals surface area contributed by atoms with E-state index in [1.807, 2.05) is 30.3 Å². The van der Waals surface area contributed by atoms with Gasteiger partial charge in [0.1, 0.15) is 11.6 Å². The van der Waals surface area contributed by atoms with Crippen molar-refractivity contribution < 1.29 is 24.2 Å². The maximum atomic E-state index is 13.0. The molecule has 1 amide bonds. The molecule has 0 aliphatic carbocycles. The van der Waals surface area contributed by atoms with Gasteiger partial charge in [-0.25, -0.2) is 9.59 Å². The highest BCUT2D eigenvalue weighted by Crippen LogP contribution is 2.47. The van der Waals surface area contributed by atoms with E-state index in [0.29, 0.717) is 6.42 Å². The molecule has 2 rings (SSSR count). The number of carbonyl (C=O) groups excluding carboxylic acids is 2. The van der Waals surface area contributed by atoms with Gasteiger partial charge in [-0.3, -0.25) is 4.90 Å². The predicted octanol–water partition coefficient (Wildman–Crippen LogP) is 3.30. The minimum absolute atomic E-state index is 0.301. The van der Waals surface area contributed by atoms with Gasteiger partial charge in [-0.05, 0) is 46.6 Å². The maximum absolute atomic E-state index is 13.0. The number of aliphatic hydroxyl groups is 1. The minimum atomic E-state index is -1.09. The molecule has 6 nitrogen and oxygen atoms in total. The van der Waals surface area contributed by atoms with E-state index < -0.39 is 35.3 Å². The molecule has 1 heterocycles. The summed E-state index contributed by atoms with van der Waals surface area (Å²) in [6, 6.07) is 8.10. The van der Waals surface area contributed by atoms with Crippen LogP contribution in [0.3, 0.4) is 0 Å². The first-order valence-corrected chi connectivity index (χ1v) is 8.82. The van der Waals surface area contributed by atoms with E-state index in [1.165, 1.54) is 12.0 Å². The molecule has 144 valence electrons. The van der Waals surface area contributed by atoms with Crippen LogP contribution in [0.5, 0.6) is 0 Å². The zero-order valence-electron chi connectivity index (χ0n) is 16.4. The second kappa shape index (κ2) is 7.27. The fraction of sp³-hybridized carbons (Fsp3) is 0.600. The summed E-state index contributed by atoms with van der Waals surface area (Å²) in [5.74, 6) is -0.856. The number of hydrogen-bond acceptors (Lipinski definition) is 5. The maximum Gasteiger partial charge on any atom is 0.411 e. The highest BCUT2D eigenvalue weighted by atomic mass is 16.6. The fourth-order valence-corrected chi connectivity index (χ4v) is 3.49. The first-order chi connectivity index (χ1) is 12.0. The molecule has 1 saturated heterocycles. The molecular weight excluding hydrogens is 334 g/mol. The topological polar surface area (TPSA) is 76.1 Å². The molecule has 1 aromatic carbocycles. The van der Waals surface area contributed by atoms with Crippen molar-refractivity contribution in [1.82, 2.24) is 4.90 Å². The zero-order chi connectivity index (χ0) is 19.7. The second-order valence-electron chi connectivity index (χ2n) is 8.28. The van der Waals surface area contributed by atoms with Gasteiger partial charge in [-0.1, -0.05) is 30.3 Å². The summed E-state index contributed by atoms with van der Waals surface area (Å²) in [5, 5.41) is 10.7. The van der Waals surface area contributed by atoms with E-state index in [-0.39, 0.29) is 5.92 Å². The molecule has 0 bridgehead atoms. The van der Waals surface area contributed by atoms with Crippen molar-refractivity contribution in [2.45, 2.75) is 64.3 Å². The van der Waals surface area contributed by atoms with E-state index in [1.54, 1.807) is 34.6 Å². The molecular formula is C20H29NO5. The Morgan fingerprint density at radius 1 is 1.12 bits per heavy atom. The van der Waals surface area contributed by atoms with Crippen molar-refractivity contribution in [2.75, 3.05) is 7.11 Å². The number of likely N-dealkylation sites (tertiary alicyclic amines) is 1. The smallest absolute Gasteiger partial charge is 0.411 e. The molecule has 1 aromatic rings. The van der Waals surface area contributed by atoms with Crippen molar-refractivity contribution in [3.63, 3.8) is 0 Å². The number of amides is 1. The average Bonchev–Trinajstić information content (AvgIpc) is 2.94. The van der Waals surface area contributed by atoms with E-state index in [0.717, 1.165) is 5.56 Å². The first kappa shape index (κ1) is 20.2. The van der Waals surface area contributed by atoms with Crippen molar-refractivity contribution in [3.05, 3.63) is 35.9 Å². The molecule has 0 saturated carbocycles.